The van der Waals surface area contributed by atoms with E-state index in [1.807, 2.05) is 0 Å². The third-order valence-corrected chi connectivity index (χ3v) is 3.70. The molecule has 2 aromatic rings. The van der Waals surface area contributed by atoms with Gasteiger partial charge in [0, 0.05) is 18.5 Å². The van der Waals surface area contributed by atoms with Crippen LogP contribution in [-0.4, -0.2) is 18.4 Å². The fourth-order valence-electron chi connectivity index (χ4n) is 1.21. The maximum atomic E-state index is 11.9. The van der Waals surface area contributed by atoms with Crippen molar-refractivity contribution < 1.29 is 8.42 Å². The van der Waals surface area contributed by atoms with Gasteiger partial charge in [0.1, 0.15) is 4.90 Å². The van der Waals surface area contributed by atoms with Crippen molar-refractivity contribution in [2.45, 2.75) is 4.90 Å². The van der Waals surface area contributed by atoms with E-state index in [9.17, 15) is 13.2 Å². The molecule has 0 amide bonds. The van der Waals surface area contributed by atoms with E-state index in [2.05, 4.69) is 14.7 Å². The highest BCUT2D eigenvalue weighted by molar-refractivity contribution is 7.92. The van der Waals surface area contributed by atoms with Crippen molar-refractivity contribution in [3.8, 4) is 0 Å². The first-order valence-corrected chi connectivity index (χ1v) is 6.67. The molecule has 0 bridgehead atoms. The first-order chi connectivity index (χ1) is 8.49. The molecule has 0 saturated carbocycles. The van der Waals surface area contributed by atoms with Gasteiger partial charge < -0.3 is 4.98 Å². The molecule has 0 saturated heterocycles. The Hall–Kier alpha value is -1.86. The minimum absolute atomic E-state index is 0.0327. The average Bonchev–Trinajstić information content (AvgIpc) is 2.32. The lowest BCUT2D eigenvalue weighted by atomic mass is 10.5. The van der Waals surface area contributed by atoms with Gasteiger partial charge in [0.05, 0.1) is 5.02 Å². The van der Waals surface area contributed by atoms with Crippen molar-refractivity contribution >= 4 is 27.4 Å². The summed E-state index contributed by atoms with van der Waals surface area (Å²) in [6.45, 7) is 0. The number of H-pyrrole nitrogens is 1. The smallest absolute Gasteiger partial charge is 0.264 e. The maximum Gasteiger partial charge on any atom is 0.264 e. The molecule has 2 N–H and O–H groups in total. The first-order valence-electron chi connectivity index (χ1n) is 4.81. The standard InChI is InChI=1S/C10H8ClN3O3S/c11-8-2-1-5-12-10(8)14-18(16,17)7-3-4-9(15)13-6-7/h1-6H,(H,12,14)(H,13,15). The topological polar surface area (TPSA) is 91.9 Å². The van der Waals surface area contributed by atoms with Gasteiger partial charge in [-0.25, -0.2) is 13.4 Å². The quantitative estimate of drug-likeness (QED) is 0.887. The molecule has 0 aliphatic heterocycles. The van der Waals surface area contributed by atoms with Crippen LogP contribution >= 0.6 is 11.6 Å². The van der Waals surface area contributed by atoms with Gasteiger partial charge in [-0.15, -0.1) is 0 Å². The van der Waals surface area contributed by atoms with E-state index in [1.54, 1.807) is 6.07 Å². The molecule has 0 spiro atoms. The van der Waals surface area contributed by atoms with Crippen LogP contribution in [0.25, 0.3) is 0 Å². The van der Waals surface area contributed by atoms with E-state index in [0.717, 1.165) is 12.3 Å². The second-order valence-corrected chi connectivity index (χ2v) is 5.42. The highest BCUT2D eigenvalue weighted by atomic mass is 35.5. The number of nitrogens with zero attached hydrogens (tertiary/aromatic N) is 1. The minimum Gasteiger partial charge on any atom is -0.328 e. The number of hydrogen-bond acceptors (Lipinski definition) is 4. The number of nitrogens with one attached hydrogen (secondary N) is 2. The average molecular weight is 286 g/mol. The van der Waals surface area contributed by atoms with Crippen LogP contribution in [0.3, 0.4) is 0 Å². The van der Waals surface area contributed by atoms with Crippen LogP contribution < -0.4 is 10.3 Å². The number of aromatic amines is 1. The number of sulfonamides is 1. The summed E-state index contributed by atoms with van der Waals surface area (Å²) in [6.07, 6.45) is 2.51. The molecule has 8 heteroatoms. The molecular weight excluding hydrogens is 278 g/mol. The normalized spacial score (nSPS) is 11.2. The summed E-state index contributed by atoms with van der Waals surface area (Å²) in [5.41, 5.74) is -0.384. The Morgan fingerprint density at radius 3 is 2.67 bits per heavy atom. The van der Waals surface area contributed by atoms with Crippen molar-refractivity contribution in [1.29, 1.82) is 0 Å². The molecule has 0 atom stereocenters. The van der Waals surface area contributed by atoms with Gasteiger partial charge in [-0.05, 0) is 18.2 Å². The number of hydrogen-bond donors (Lipinski definition) is 2. The third-order valence-electron chi connectivity index (χ3n) is 2.06. The number of anilines is 1. The minimum atomic E-state index is -3.82. The van der Waals surface area contributed by atoms with E-state index in [1.165, 1.54) is 18.3 Å². The molecule has 2 aromatic heterocycles. The van der Waals surface area contributed by atoms with Crippen LogP contribution in [0.4, 0.5) is 5.82 Å². The highest BCUT2D eigenvalue weighted by Gasteiger charge is 2.16. The molecule has 18 heavy (non-hydrogen) atoms. The molecule has 0 radical (unpaired) electrons. The zero-order chi connectivity index (χ0) is 13.2. The van der Waals surface area contributed by atoms with Crippen molar-refractivity contribution in [3.05, 3.63) is 52.0 Å². The van der Waals surface area contributed by atoms with Crippen molar-refractivity contribution in [2.75, 3.05) is 4.72 Å². The van der Waals surface area contributed by atoms with Gasteiger partial charge in [-0.2, -0.15) is 0 Å². The zero-order valence-electron chi connectivity index (χ0n) is 8.92. The lowest BCUT2D eigenvalue weighted by molar-refractivity contribution is 0.600. The van der Waals surface area contributed by atoms with Gasteiger partial charge in [0.15, 0.2) is 5.82 Å². The molecule has 0 fully saturated rings. The van der Waals surface area contributed by atoms with E-state index in [-0.39, 0.29) is 21.3 Å². The van der Waals surface area contributed by atoms with E-state index in [0.29, 0.717) is 0 Å². The molecule has 0 unspecified atom stereocenters. The SMILES string of the molecule is O=c1ccc(S(=O)(=O)Nc2ncccc2Cl)c[nH]1. The Bertz CT molecular complexity index is 707. The van der Waals surface area contributed by atoms with Crippen LogP contribution in [0.5, 0.6) is 0 Å². The Morgan fingerprint density at radius 1 is 1.28 bits per heavy atom. The summed E-state index contributed by atoms with van der Waals surface area (Å²) in [7, 11) is -3.82. The maximum absolute atomic E-state index is 11.9. The number of aromatic nitrogens is 2. The molecule has 0 aliphatic carbocycles. The zero-order valence-corrected chi connectivity index (χ0v) is 10.5. The highest BCUT2D eigenvalue weighted by Crippen LogP contribution is 2.20. The first kappa shape index (κ1) is 12.6. The molecule has 0 aliphatic rings. The van der Waals surface area contributed by atoms with E-state index >= 15 is 0 Å². The second-order valence-electron chi connectivity index (χ2n) is 3.33. The summed E-state index contributed by atoms with van der Waals surface area (Å²) in [5, 5.41) is 0.186. The van der Waals surface area contributed by atoms with E-state index in [4.69, 9.17) is 11.6 Å². The molecular formula is C10H8ClN3O3S. The Kier molecular flexibility index (Phi) is 3.35. The van der Waals surface area contributed by atoms with Crippen molar-refractivity contribution in [1.82, 2.24) is 9.97 Å². The number of rotatable bonds is 3. The fourth-order valence-corrected chi connectivity index (χ4v) is 2.43. The molecule has 6 nitrogen and oxygen atoms in total. The Balaban J connectivity index is 2.36. The number of halogens is 1. The Labute approximate surface area is 108 Å². The van der Waals surface area contributed by atoms with Gasteiger partial charge in [0.2, 0.25) is 5.56 Å². The second kappa shape index (κ2) is 4.79. The predicted molar refractivity (Wildman–Crippen MR) is 67.1 cm³/mol. The van der Waals surface area contributed by atoms with Gasteiger partial charge in [-0.3, -0.25) is 9.52 Å². The van der Waals surface area contributed by atoms with Crippen molar-refractivity contribution in [2.24, 2.45) is 0 Å². The van der Waals surface area contributed by atoms with Crippen LogP contribution in [0.15, 0.2) is 46.3 Å². The van der Waals surface area contributed by atoms with Crippen molar-refractivity contribution in [3.63, 3.8) is 0 Å². The molecule has 2 heterocycles. The largest absolute Gasteiger partial charge is 0.328 e. The summed E-state index contributed by atoms with van der Waals surface area (Å²) in [5.74, 6) is 0.0327. The lowest BCUT2D eigenvalue weighted by Gasteiger charge is -2.07. The van der Waals surface area contributed by atoms with Gasteiger partial charge >= 0.3 is 0 Å². The van der Waals surface area contributed by atoms with Gasteiger partial charge in [-0.1, -0.05) is 11.6 Å². The molecule has 0 aromatic carbocycles. The Morgan fingerprint density at radius 2 is 2.06 bits per heavy atom. The van der Waals surface area contributed by atoms with Crippen LogP contribution in [0.2, 0.25) is 5.02 Å². The monoisotopic (exact) mass is 285 g/mol. The van der Waals surface area contributed by atoms with Crippen LogP contribution in [-0.2, 0) is 10.0 Å². The third kappa shape index (κ3) is 2.69. The van der Waals surface area contributed by atoms with Gasteiger partial charge in [0.25, 0.3) is 10.0 Å². The van der Waals surface area contributed by atoms with Crippen LogP contribution in [0, 0.1) is 0 Å². The van der Waals surface area contributed by atoms with Crippen LogP contribution in [0.1, 0.15) is 0 Å². The fraction of sp³-hybridized carbons (Fsp3) is 0. The summed E-state index contributed by atoms with van der Waals surface area (Å²) in [4.78, 5) is 16.9. The summed E-state index contributed by atoms with van der Waals surface area (Å²) >= 11 is 5.80. The molecule has 2 rings (SSSR count). The lowest BCUT2D eigenvalue weighted by Crippen LogP contribution is -2.16. The molecule has 94 valence electrons. The van der Waals surface area contributed by atoms with E-state index < -0.39 is 10.0 Å². The number of pyridine rings is 2. The summed E-state index contributed by atoms with van der Waals surface area (Å²) in [6, 6.07) is 5.41. The predicted octanol–water partition coefficient (Wildman–Crippen LogP) is 1.22. The summed E-state index contributed by atoms with van der Waals surface area (Å²) < 4.78 is 26.1.